The minimum absolute atomic E-state index is 0.103. The van der Waals surface area contributed by atoms with Gasteiger partial charge in [-0.15, -0.1) is 0 Å². The molecule has 2 N–H and O–H groups in total. The van der Waals surface area contributed by atoms with Gasteiger partial charge in [-0.05, 0) is 26.7 Å². The molecule has 0 aromatic carbocycles. The third-order valence-electron chi connectivity index (χ3n) is 1.74. The number of aliphatic carboxylic acids is 1. The number of carbonyl (C=O) groups excluding carboxylic acids is 1. The van der Waals surface area contributed by atoms with E-state index < -0.39 is 24.0 Å². The number of hydrogen-bond acceptors (Lipinski definition) is 4. The van der Waals surface area contributed by atoms with E-state index >= 15 is 0 Å². The SMILES string of the molecule is CCOC(=O)C(CCC(C)O)C(=O)O. The second-order valence-corrected chi connectivity index (χ2v) is 3.07. The summed E-state index contributed by atoms with van der Waals surface area (Å²) in [5.41, 5.74) is 0. The van der Waals surface area contributed by atoms with Crippen molar-refractivity contribution in [3.63, 3.8) is 0 Å². The summed E-state index contributed by atoms with van der Waals surface area (Å²) in [7, 11) is 0. The van der Waals surface area contributed by atoms with E-state index in [2.05, 4.69) is 4.74 Å². The number of esters is 1. The molecule has 14 heavy (non-hydrogen) atoms. The van der Waals surface area contributed by atoms with Crippen molar-refractivity contribution >= 4 is 11.9 Å². The van der Waals surface area contributed by atoms with Gasteiger partial charge in [0.15, 0.2) is 5.92 Å². The van der Waals surface area contributed by atoms with E-state index in [4.69, 9.17) is 10.2 Å². The second kappa shape index (κ2) is 6.37. The predicted octanol–water partition coefficient (Wildman–Crippen LogP) is 0.411. The molecule has 0 aromatic heterocycles. The van der Waals surface area contributed by atoms with E-state index in [9.17, 15) is 9.59 Å². The molecule has 82 valence electrons. The Balaban J connectivity index is 4.15. The van der Waals surface area contributed by atoms with Gasteiger partial charge in [0.1, 0.15) is 0 Å². The predicted molar refractivity (Wildman–Crippen MR) is 48.7 cm³/mol. The molecule has 0 aliphatic rings. The maximum atomic E-state index is 11.1. The van der Waals surface area contributed by atoms with Gasteiger partial charge in [0.2, 0.25) is 0 Å². The minimum Gasteiger partial charge on any atom is -0.481 e. The van der Waals surface area contributed by atoms with Gasteiger partial charge in [-0.25, -0.2) is 0 Å². The lowest BCUT2D eigenvalue weighted by atomic mass is 10.0. The quantitative estimate of drug-likeness (QED) is 0.483. The van der Waals surface area contributed by atoms with E-state index in [-0.39, 0.29) is 19.4 Å². The molecule has 0 fully saturated rings. The minimum atomic E-state index is -1.20. The number of carbonyl (C=O) groups is 2. The average molecular weight is 204 g/mol. The summed E-state index contributed by atoms with van der Waals surface area (Å²) in [5, 5.41) is 17.7. The third-order valence-corrected chi connectivity index (χ3v) is 1.74. The summed E-state index contributed by atoms with van der Waals surface area (Å²) in [4.78, 5) is 21.8. The fraction of sp³-hybridized carbons (Fsp3) is 0.778. The Morgan fingerprint density at radius 3 is 2.29 bits per heavy atom. The molecule has 0 amide bonds. The Hall–Kier alpha value is -1.10. The first kappa shape index (κ1) is 12.9. The van der Waals surface area contributed by atoms with Gasteiger partial charge in [-0.1, -0.05) is 0 Å². The van der Waals surface area contributed by atoms with Crippen molar-refractivity contribution in [3.05, 3.63) is 0 Å². The van der Waals surface area contributed by atoms with Gasteiger partial charge in [0.25, 0.3) is 0 Å². The van der Waals surface area contributed by atoms with Crippen molar-refractivity contribution in [2.24, 2.45) is 5.92 Å². The molecule has 2 atom stereocenters. The lowest BCUT2D eigenvalue weighted by Gasteiger charge is -2.11. The largest absolute Gasteiger partial charge is 0.481 e. The number of aliphatic hydroxyl groups excluding tert-OH is 1. The molecule has 0 aromatic rings. The number of ether oxygens (including phenoxy) is 1. The van der Waals surface area contributed by atoms with Gasteiger partial charge in [0.05, 0.1) is 12.7 Å². The molecule has 0 rings (SSSR count). The molecule has 0 bridgehead atoms. The monoisotopic (exact) mass is 204 g/mol. The highest BCUT2D eigenvalue weighted by molar-refractivity contribution is 5.93. The van der Waals surface area contributed by atoms with Crippen LogP contribution in [0, 0.1) is 5.92 Å². The van der Waals surface area contributed by atoms with Crippen LogP contribution in [0.3, 0.4) is 0 Å². The molecular weight excluding hydrogens is 188 g/mol. The molecule has 0 spiro atoms. The van der Waals surface area contributed by atoms with Crippen LogP contribution in [0.4, 0.5) is 0 Å². The highest BCUT2D eigenvalue weighted by Gasteiger charge is 2.27. The van der Waals surface area contributed by atoms with Gasteiger partial charge in [0, 0.05) is 0 Å². The maximum Gasteiger partial charge on any atom is 0.320 e. The van der Waals surface area contributed by atoms with Crippen LogP contribution in [-0.4, -0.2) is 34.9 Å². The zero-order valence-corrected chi connectivity index (χ0v) is 8.40. The second-order valence-electron chi connectivity index (χ2n) is 3.07. The molecule has 2 unspecified atom stereocenters. The highest BCUT2D eigenvalue weighted by atomic mass is 16.5. The molecule has 0 aliphatic carbocycles. The number of hydrogen-bond donors (Lipinski definition) is 2. The molecule has 0 aliphatic heterocycles. The highest BCUT2D eigenvalue weighted by Crippen LogP contribution is 2.11. The normalized spacial score (nSPS) is 14.5. The Morgan fingerprint density at radius 2 is 1.93 bits per heavy atom. The van der Waals surface area contributed by atoms with Crippen molar-refractivity contribution < 1.29 is 24.5 Å². The fourth-order valence-corrected chi connectivity index (χ4v) is 0.993. The topological polar surface area (TPSA) is 83.8 Å². The van der Waals surface area contributed by atoms with Crippen molar-refractivity contribution in [1.29, 1.82) is 0 Å². The van der Waals surface area contributed by atoms with Crippen LogP contribution in [0.15, 0.2) is 0 Å². The Morgan fingerprint density at radius 1 is 1.36 bits per heavy atom. The van der Waals surface area contributed by atoms with E-state index in [1.165, 1.54) is 0 Å². The van der Waals surface area contributed by atoms with Crippen molar-refractivity contribution in [1.82, 2.24) is 0 Å². The molecule has 5 nitrogen and oxygen atoms in total. The summed E-state index contributed by atoms with van der Waals surface area (Å²) in [6.45, 7) is 3.33. The van der Waals surface area contributed by atoms with Crippen LogP contribution in [-0.2, 0) is 14.3 Å². The van der Waals surface area contributed by atoms with Crippen molar-refractivity contribution in [2.75, 3.05) is 6.61 Å². The summed E-state index contributed by atoms with van der Waals surface area (Å²) >= 11 is 0. The van der Waals surface area contributed by atoms with Crippen LogP contribution < -0.4 is 0 Å². The maximum absolute atomic E-state index is 11.1. The zero-order valence-electron chi connectivity index (χ0n) is 8.40. The Bertz CT molecular complexity index is 199. The molecule has 5 heteroatoms. The van der Waals surface area contributed by atoms with Crippen LogP contribution >= 0.6 is 0 Å². The fourth-order valence-electron chi connectivity index (χ4n) is 0.993. The molecule has 0 saturated heterocycles. The van der Waals surface area contributed by atoms with Crippen LogP contribution in [0.1, 0.15) is 26.7 Å². The van der Waals surface area contributed by atoms with E-state index in [0.717, 1.165) is 0 Å². The molecule has 0 radical (unpaired) electrons. The summed E-state index contributed by atoms with van der Waals surface area (Å²) in [6.07, 6.45) is -0.229. The summed E-state index contributed by atoms with van der Waals surface area (Å²) in [5.74, 6) is -3.10. The van der Waals surface area contributed by atoms with Crippen molar-refractivity contribution in [2.45, 2.75) is 32.8 Å². The van der Waals surface area contributed by atoms with Crippen LogP contribution in [0.2, 0.25) is 0 Å². The zero-order chi connectivity index (χ0) is 11.1. The van der Waals surface area contributed by atoms with Crippen LogP contribution in [0.25, 0.3) is 0 Å². The first-order chi connectivity index (χ1) is 6.49. The summed E-state index contributed by atoms with van der Waals surface area (Å²) < 4.78 is 4.60. The number of carboxylic acids is 1. The third kappa shape index (κ3) is 4.81. The first-order valence-corrected chi connectivity index (χ1v) is 4.56. The lowest BCUT2D eigenvalue weighted by Crippen LogP contribution is -2.26. The standard InChI is InChI=1S/C9H16O5/c1-3-14-9(13)7(8(11)12)5-4-6(2)10/h6-7,10H,3-5H2,1-2H3,(H,11,12). The Labute approximate surface area is 82.7 Å². The van der Waals surface area contributed by atoms with Gasteiger partial charge in [-0.3, -0.25) is 9.59 Å². The van der Waals surface area contributed by atoms with Gasteiger partial charge >= 0.3 is 11.9 Å². The smallest absolute Gasteiger partial charge is 0.320 e. The lowest BCUT2D eigenvalue weighted by molar-refractivity contribution is -0.158. The number of carboxylic acid groups (broad SMARTS) is 1. The number of rotatable bonds is 6. The molecule has 0 saturated carbocycles. The summed E-state index contributed by atoms with van der Waals surface area (Å²) in [6, 6.07) is 0. The molecular formula is C9H16O5. The molecule has 0 heterocycles. The van der Waals surface area contributed by atoms with Crippen molar-refractivity contribution in [3.8, 4) is 0 Å². The Kier molecular flexibility index (Phi) is 5.87. The number of aliphatic hydroxyl groups is 1. The van der Waals surface area contributed by atoms with E-state index in [0.29, 0.717) is 0 Å². The van der Waals surface area contributed by atoms with E-state index in [1.54, 1.807) is 13.8 Å². The average Bonchev–Trinajstić information content (AvgIpc) is 2.03. The first-order valence-electron chi connectivity index (χ1n) is 4.56. The van der Waals surface area contributed by atoms with Gasteiger partial charge < -0.3 is 14.9 Å². The van der Waals surface area contributed by atoms with Crippen LogP contribution in [0.5, 0.6) is 0 Å². The van der Waals surface area contributed by atoms with E-state index in [1.807, 2.05) is 0 Å². The van der Waals surface area contributed by atoms with Gasteiger partial charge in [-0.2, -0.15) is 0 Å².